The van der Waals surface area contributed by atoms with Gasteiger partial charge < -0.3 is 10.2 Å². The lowest BCUT2D eigenvalue weighted by molar-refractivity contribution is -0.384. The first-order valence-corrected chi connectivity index (χ1v) is 8.50. The van der Waals surface area contributed by atoms with Gasteiger partial charge in [-0.15, -0.1) is 0 Å². The van der Waals surface area contributed by atoms with Crippen LogP contribution in [0.3, 0.4) is 0 Å². The van der Waals surface area contributed by atoms with Crippen LogP contribution in [0.4, 0.5) is 11.4 Å². The molecule has 7 heteroatoms. The summed E-state index contributed by atoms with van der Waals surface area (Å²) in [6, 6.07) is 12.3. The van der Waals surface area contributed by atoms with E-state index in [1.165, 1.54) is 24.3 Å². The highest BCUT2D eigenvalue weighted by Crippen LogP contribution is 2.21. The second-order valence-electron chi connectivity index (χ2n) is 6.16. The highest BCUT2D eigenvalue weighted by Gasteiger charge is 2.21. The number of piperidine rings is 1. The van der Waals surface area contributed by atoms with Gasteiger partial charge in [0.25, 0.3) is 17.5 Å². The molecule has 1 aliphatic rings. The van der Waals surface area contributed by atoms with Crippen LogP contribution in [0.25, 0.3) is 0 Å². The van der Waals surface area contributed by atoms with Crippen molar-refractivity contribution in [2.45, 2.75) is 19.3 Å². The Bertz CT molecular complexity index is 844. The number of amides is 2. The summed E-state index contributed by atoms with van der Waals surface area (Å²) in [4.78, 5) is 37.4. The molecule has 1 fully saturated rings. The van der Waals surface area contributed by atoms with Crippen molar-refractivity contribution in [3.05, 3.63) is 69.8 Å². The van der Waals surface area contributed by atoms with Crippen LogP contribution in [0.5, 0.6) is 0 Å². The molecule has 2 aromatic carbocycles. The zero-order valence-electron chi connectivity index (χ0n) is 14.2. The predicted octanol–water partition coefficient (Wildman–Crippen LogP) is 3.47. The third-order valence-electron chi connectivity index (χ3n) is 4.37. The summed E-state index contributed by atoms with van der Waals surface area (Å²) in [5.74, 6) is -0.604. The van der Waals surface area contributed by atoms with Crippen LogP contribution < -0.4 is 5.32 Å². The van der Waals surface area contributed by atoms with Crippen molar-refractivity contribution in [1.82, 2.24) is 4.90 Å². The molecule has 0 spiro atoms. The molecule has 26 heavy (non-hydrogen) atoms. The number of benzene rings is 2. The molecule has 1 N–H and O–H groups in total. The molecule has 2 aromatic rings. The number of non-ortho nitro benzene ring substituents is 1. The van der Waals surface area contributed by atoms with Gasteiger partial charge in [-0.1, -0.05) is 18.2 Å². The minimum atomic E-state index is -0.551. The molecule has 3 rings (SSSR count). The van der Waals surface area contributed by atoms with Crippen LogP contribution in [0.2, 0.25) is 0 Å². The number of hydrogen-bond donors (Lipinski definition) is 1. The van der Waals surface area contributed by atoms with Gasteiger partial charge in [-0.2, -0.15) is 0 Å². The highest BCUT2D eigenvalue weighted by molar-refractivity contribution is 6.09. The molecular weight excluding hydrogens is 334 g/mol. The third-order valence-corrected chi connectivity index (χ3v) is 4.37. The summed E-state index contributed by atoms with van der Waals surface area (Å²) in [6.07, 6.45) is 3.08. The van der Waals surface area contributed by atoms with Gasteiger partial charge in [0.1, 0.15) is 0 Å². The molecule has 0 saturated carbocycles. The number of rotatable bonds is 4. The Kier molecular flexibility index (Phi) is 5.26. The topological polar surface area (TPSA) is 92.6 Å². The molecule has 7 nitrogen and oxygen atoms in total. The SMILES string of the molecule is O=C(Nc1ccccc1C(=O)N1CCCCC1)c1cccc([N+](=O)[O-])c1. The predicted molar refractivity (Wildman–Crippen MR) is 97.2 cm³/mol. The Morgan fingerprint density at radius 3 is 2.46 bits per heavy atom. The molecule has 2 amide bonds. The summed E-state index contributed by atoms with van der Waals surface area (Å²) in [5, 5.41) is 13.6. The van der Waals surface area contributed by atoms with Crippen molar-refractivity contribution in [3.63, 3.8) is 0 Å². The first-order valence-electron chi connectivity index (χ1n) is 8.50. The van der Waals surface area contributed by atoms with Gasteiger partial charge in [0.05, 0.1) is 16.2 Å². The van der Waals surface area contributed by atoms with Crippen molar-refractivity contribution < 1.29 is 14.5 Å². The second kappa shape index (κ2) is 7.77. The normalized spacial score (nSPS) is 13.9. The largest absolute Gasteiger partial charge is 0.339 e. The minimum absolute atomic E-state index is 0.111. The van der Waals surface area contributed by atoms with Crippen LogP contribution in [0, 0.1) is 10.1 Å². The first-order chi connectivity index (χ1) is 12.6. The molecule has 0 unspecified atom stereocenters. The van der Waals surface area contributed by atoms with E-state index in [1.807, 2.05) is 0 Å². The average Bonchev–Trinajstić information content (AvgIpc) is 2.68. The molecule has 0 aromatic heterocycles. The van der Waals surface area contributed by atoms with E-state index in [9.17, 15) is 19.7 Å². The summed E-state index contributed by atoms with van der Waals surface area (Å²) < 4.78 is 0. The van der Waals surface area contributed by atoms with E-state index in [1.54, 1.807) is 29.2 Å². The van der Waals surface area contributed by atoms with E-state index in [0.717, 1.165) is 19.3 Å². The van der Waals surface area contributed by atoms with Crippen LogP contribution >= 0.6 is 0 Å². The highest BCUT2D eigenvalue weighted by atomic mass is 16.6. The average molecular weight is 353 g/mol. The molecule has 0 radical (unpaired) electrons. The minimum Gasteiger partial charge on any atom is -0.339 e. The van der Waals surface area contributed by atoms with Gasteiger partial charge in [0.15, 0.2) is 0 Å². The monoisotopic (exact) mass is 353 g/mol. The Labute approximate surface area is 150 Å². The number of para-hydroxylation sites is 1. The van der Waals surface area contributed by atoms with Gasteiger partial charge in [0.2, 0.25) is 0 Å². The molecule has 0 bridgehead atoms. The molecule has 0 atom stereocenters. The van der Waals surface area contributed by atoms with Gasteiger partial charge in [-0.3, -0.25) is 19.7 Å². The quantitative estimate of drug-likeness (QED) is 0.673. The van der Waals surface area contributed by atoms with E-state index in [0.29, 0.717) is 24.3 Å². The lowest BCUT2D eigenvalue weighted by Crippen LogP contribution is -2.36. The Balaban J connectivity index is 1.82. The van der Waals surface area contributed by atoms with E-state index in [4.69, 9.17) is 0 Å². The van der Waals surface area contributed by atoms with Crippen molar-refractivity contribution in [3.8, 4) is 0 Å². The zero-order chi connectivity index (χ0) is 18.5. The number of nitrogens with one attached hydrogen (secondary N) is 1. The lowest BCUT2D eigenvalue weighted by Gasteiger charge is -2.27. The maximum Gasteiger partial charge on any atom is 0.270 e. The van der Waals surface area contributed by atoms with Crippen molar-refractivity contribution in [2.75, 3.05) is 18.4 Å². The van der Waals surface area contributed by atoms with Crippen LogP contribution in [-0.2, 0) is 0 Å². The Hall–Kier alpha value is -3.22. The number of carbonyl (C=O) groups excluding carboxylic acids is 2. The zero-order valence-corrected chi connectivity index (χ0v) is 14.2. The molecule has 134 valence electrons. The van der Waals surface area contributed by atoms with E-state index >= 15 is 0 Å². The second-order valence-corrected chi connectivity index (χ2v) is 6.16. The van der Waals surface area contributed by atoms with Crippen molar-refractivity contribution >= 4 is 23.2 Å². The van der Waals surface area contributed by atoms with E-state index in [2.05, 4.69) is 5.32 Å². The number of anilines is 1. The molecule has 1 saturated heterocycles. The van der Waals surface area contributed by atoms with Gasteiger partial charge in [0, 0.05) is 30.8 Å². The summed E-state index contributed by atoms with van der Waals surface area (Å²) in [6.45, 7) is 1.43. The molecule has 1 aliphatic heterocycles. The smallest absolute Gasteiger partial charge is 0.270 e. The number of carbonyl (C=O) groups is 2. The number of nitrogens with zero attached hydrogens (tertiary/aromatic N) is 2. The van der Waals surface area contributed by atoms with Crippen LogP contribution in [-0.4, -0.2) is 34.7 Å². The molecule has 0 aliphatic carbocycles. The lowest BCUT2D eigenvalue weighted by atomic mass is 10.1. The fraction of sp³-hybridized carbons (Fsp3) is 0.263. The van der Waals surface area contributed by atoms with Crippen LogP contribution in [0.1, 0.15) is 40.0 Å². The maximum absolute atomic E-state index is 12.8. The summed E-state index contributed by atoms with van der Waals surface area (Å²) >= 11 is 0. The van der Waals surface area contributed by atoms with Gasteiger partial charge in [-0.05, 0) is 37.5 Å². The van der Waals surface area contributed by atoms with Crippen LogP contribution in [0.15, 0.2) is 48.5 Å². The van der Waals surface area contributed by atoms with Gasteiger partial charge >= 0.3 is 0 Å². The van der Waals surface area contributed by atoms with Crippen molar-refractivity contribution in [1.29, 1.82) is 0 Å². The number of nitro benzene ring substituents is 1. The number of likely N-dealkylation sites (tertiary alicyclic amines) is 1. The Morgan fingerprint density at radius 2 is 1.73 bits per heavy atom. The molecule has 1 heterocycles. The number of nitro groups is 1. The Morgan fingerprint density at radius 1 is 1.00 bits per heavy atom. The standard InChI is InChI=1S/C19H19N3O4/c23-18(14-7-6-8-15(13-14)22(25)26)20-17-10-3-2-9-16(17)19(24)21-11-4-1-5-12-21/h2-3,6-10,13H,1,4-5,11-12H2,(H,20,23). The summed E-state index contributed by atoms with van der Waals surface area (Å²) in [7, 11) is 0. The van der Waals surface area contributed by atoms with E-state index < -0.39 is 10.8 Å². The molecular formula is C19H19N3O4. The van der Waals surface area contributed by atoms with Crippen molar-refractivity contribution in [2.24, 2.45) is 0 Å². The fourth-order valence-corrected chi connectivity index (χ4v) is 3.00. The van der Waals surface area contributed by atoms with E-state index in [-0.39, 0.29) is 17.2 Å². The van der Waals surface area contributed by atoms with Gasteiger partial charge in [-0.25, -0.2) is 0 Å². The maximum atomic E-state index is 12.8. The third kappa shape index (κ3) is 3.88. The number of hydrogen-bond acceptors (Lipinski definition) is 4. The fourth-order valence-electron chi connectivity index (χ4n) is 3.00. The summed E-state index contributed by atoms with van der Waals surface area (Å²) in [5.41, 5.74) is 0.836. The first kappa shape index (κ1) is 17.6.